The molecule has 3 aromatic rings. The Kier molecular flexibility index (Phi) is 6.62. The van der Waals surface area contributed by atoms with Crippen molar-refractivity contribution in [2.75, 3.05) is 22.0 Å². The third kappa shape index (κ3) is 5.42. The van der Waals surface area contributed by atoms with E-state index in [9.17, 15) is 18.0 Å². The maximum absolute atomic E-state index is 12.7. The Morgan fingerprint density at radius 3 is 2.26 bits per heavy atom. The number of nitrogens with zero attached hydrogens (tertiary/aromatic N) is 1. The second-order valence-corrected chi connectivity index (χ2v) is 8.78. The van der Waals surface area contributed by atoms with Gasteiger partial charge in [0.2, 0.25) is 5.91 Å². The van der Waals surface area contributed by atoms with Gasteiger partial charge in [0.25, 0.3) is 15.9 Å². The number of sulfonamides is 1. The van der Waals surface area contributed by atoms with Gasteiger partial charge in [-0.1, -0.05) is 29.8 Å². The molecule has 0 bridgehead atoms. The lowest BCUT2D eigenvalue weighted by atomic mass is 10.2. The first-order valence-corrected chi connectivity index (χ1v) is 11.1. The van der Waals surface area contributed by atoms with Crippen LogP contribution in [-0.4, -0.2) is 27.3 Å². The molecule has 0 unspecified atom stereocenters. The van der Waals surface area contributed by atoms with Crippen LogP contribution in [0.4, 0.5) is 17.1 Å². The average Bonchev–Trinajstić information content (AvgIpc) is 2.75. The van der Waals surface area contributed by atoms with Crippen molar-refractivity contribution in [2.24, 2.45) is 0 Å². The van der Waals surface area contributed by atoms with Crippen molar-refractivity contribution in [1.29, 1.82) is 0 Å². The predicted octanol–water partition coefficient (Wildman–Crippen LogP) is 4.38. The number of hydrogen-bond donors (Lipinski definition) is 2. The number of carbonyl (C=O) groups excluding carboxylic acids is 2. The molecule has 3 aromatic carbocycles. The average molecular weight is 458 g/mol. The van der Waals surface area contributed by atoms with Crippen LogP contribution >= 0.6 is 11.6 Å². The molecule has 31 heavy (non-hydrogen) atoms. The fourth-order valence-electron chi connectivity index (χ4n) is 2.71. The number of para-hydroxylation sites is 1. The van der Waals surface area contributed by atoms with Gasteiger partial charge in [0.05, 0.1) is 15.6 Å². The standard InChI is InChI=1S/C22H20ClN3O4S/c1-15(27)26(2)18-12-10-17(11-13-18)24-22(28)16-6-5-7-19(14-16)31(29,30)25-21-9-4-3-8-20(21)23/h3-14,25H,1-2H3,(H,24,28). The van der Waals surface area contributed by atoms with E-state index >= 15 is 0 Å². The van der Waals surface area contributed by atoms with Gasteiger partial charge in [0.15, 0.2) is 0 Å². The summed E-state index contributed by atoms with van der Waals surface area (Å²) in [7, 11) is -2.29. The molecule has 2 amide bonds. The number of amides is 2. The molecule has 0 spiro atoms. The van der Waals surface area contributed by atoms with Crippen molar-refractivity contribution in [1.82, 2.24) is 0 Å². The molecule has 0 heterocycles. The predicted molar refractivity (Wildman–Crippen MR) is 122 cm³/mol. The summed E-state index contributed by atoms with van der Waals surface area (Å²) >= 11 is 6.02. The summed E-state index contributed by atoms with van der Waals surface area (Å²) in [6, 6.07) is 18.9. The molecular formula is C22H20ClN3O4S. The molecule has 160 valence electrons. The highest BCUT2D eigenvalue weighted by atomic mass is 35.5. The summed E-state index contributed by atoms with van der Waals surface area (Å²) in [6.45, 7) is 1.46. The minimum atomic E-state index is -3.94. The molecule has 0 saturated carbocycles. The van der Waals surface area contributed by atoms with Crippen molar-refractivity contribution in [3.05, 3.63) is 83.4 Å². The van der Waals surface area contributed by atoms with Crippen molar-refractivity contribution < 1.29 is 18.0 Å². The number of carbonyl (C=O) groups is 2. The van der Waals surface area contributed by atoms with Crippen LogP contribution in [-0.2, 0) is 14.8 Å². The highest BCUT2D eigenvalue weighted by Gasteiger charge is 2.18. The quantitative estimate of drug-likeness (QED) is 0.574. The Bertz CT molecular complexity index is 1230. The smallest absolute Gasteiger partial charge is 0.261 e. The van der Waals surface area contributed by atoms with E-state index in [0.717, 1.165) is 0 Å². The number of halogens is 1. The second kappa shape index (κ2) is 9.20. The summed E-state index contributed by atoms with van der Waals surface area (Å²) in [5.41, 5.74) is 1.61. The zero-order chi connectivity index (χ0) is 22.6. The van der Waals surface area contributed by atoms with E-state index in [0.29, 0.717) is 11.4 Å². The fraction of sp³-hybridized carbons (Fsp3) is 0.0909. The zero-order valence-corrected chi connectivity index (χ0v) is 18.4. The molecule has 0 saturated heterocycles. The SMILES string of the molecule is CC(=O)N(C)c1ccc(NC(=O)c2cccc(S(=O)(=O)Nc3ccccc3Cl)c2)cc1. The molecule has 7 nitrogen and oxygen atoms in total. The Morgan fingerprint density at radius 2 is 1.61 bits per heavy atom. The lowest BCUT2D eigenvalue weighted by Crippen LogP contribution is -2.22. The summed E-state index contributed by atoms with van der Waals surface area (Å²) in [6.07, 6.45) is 0. The molecule has 9 heteroatoms. The van der Waals surface area contributed by atoms with Gasteiger partial charge in [-0.2, -0.15) is 0 Å². The van der Waals surface area contributed by atoms with Gasteiger partial charge in [0.1, 0.15) is 0 Å². The zero-order valence-electron chi connectivity index (χ0n) is 16.8. The van der Waals surface area contributed by atoms with Gasteiger partial charge in [-0.25, -0.2) is 8.42 Å². The third-order valence-electron chi connectivity index (χ3n) is 4.51. The monoisotopic (exact) mass is 457 g/mol. The van der Waals surface area contributed by atoms with Crippen LogP contribution in [0.25, 0.3) is 0 Å². The topological polar surface area (TPSA) is 95.6 Å². The second-order valence-electron chi connectivity index (χ2n) is 6.69. The van der Waals surface area contributed by atoms with Gasteiger partial charge < -0.3 is 10.2 Å². The molecule has 0 aromatic heterocycles. The number of hydrogen-bond acceptors (Lipinski definition) is 4. The van der Waals surface area contributed by atoms with Crippen LogP contribution in [0.5, 0.6) is 0 Å². The lowest BCUT2D eigenvalue weighted by Gasteiger charge is -2.15. The maximum atomic E-state index is 12.7. The van der Waals surface area contributed by atoms with Gasteiger partial charge in [-0.15, -0.1) is 0 Å². The molecule has 2 N–H and O–H groups in total. The lowest BCUT2D eigenvalue weighted by molar-refractivity contribution is -0.116. The Hall–Kier alpha value is -3.36. The first-order valence-electron chi connectivity index (χ1n) is 9.20. The van der Waals surface area contributed by atoms with E-state index < -0.39 is 15.9 Å². The first-order chi connectivity index (χ1) is 14.7. The summed E-state index contributed by atoms with van der Waals surface area (Å²) in [5.74, 6) is -0.581. The maximum Gasteiger partial charge on any atom is 0.261 e. The molecule has 0 fully saturated rings. The van der Waals surface area contributed by atoms with E-state index in [4.69, 9.17) is 11.6 Å². The Balaban J connectivity index is 1.77. The molecule has 0 aliphatic heterocycles. The van der Waals surface area contributed by atoms with Gasteiger partial charge in [-0.3, -0.25) is 14.3 Å². The van der Waals surface area contributed by atoms with Crippen LogP contribution in [0.2, 0.25) is 5.02 Å². The molecule has 0 radical (unpaired) electrons. The number of rotatable bonds is 6. The Labute approximate surface area is 185 Å². The van der Waals surface area contributed by atoms with Crippen molar-refractivity contribution >= 4 is 50.5 Å². The molecule has 0 atom stereocenters. The highest BCUT2D eigenvalue weighted by Crippen LogP contribution is 2.24. The van der Waals surface area contributed by atoms with Crippen LogP contribution in [0.3, 0.4) is 0 Å². The van der Waals surface area contributed by atoms with Crippen molar-refractivity contribution in [2.45, 2.75) is 11.8 Å². The van der Waals surface area contributed by atoms with Crippen molar-refractivity contribution in [3.8, 4) is 0 Å². The molecule has 0 aliphatic carbocycles. The van der Waals surface area contributed by atoms with Gasteiger partial charge >= 0.3 is 0 Å². The summed E-state index contributed by atoms with van der Waals surface area (Å²) < 4.78 is 27.8. The number of anilines is 3. The molecule has 3 rings (SSSR count). The number of benzene rings is 3. The van der Waals surface area contributed by atoms with Gasteiger partial charge in [0, 0.05) is 30.9 Å². The minimum absolute atomic E-state index is 0.0708. The van der Waals surface area contributed by atoms with Crippen LogP contribution in [0.15, 0.2) is 77.7 Å². The van der Waals surface area contributed by atoms with Crippen LogP contribution in [0.1, 0.15) is 17.3 Å². The van der Waals surface area contributed by atoms with E-state index in [-0.39, 0.29) is 27.1 Å². The third-order valence-corrected chi connectivity index (χ3v) is 6.20. The van der Waals surface area contributed by atoms with E-state index in [1.54, 1.807) is 55.6 Å². The van der Waals surface area contributed by atoms with Crippen LogP contribution in [0, 0.1) is 0 Å². The minimum Gasteiger partial charge on any atom is -0.322 e. The summed E-state index contributed by atoms with van der Waals surface area (Å²) in [5, 5.41) is 2.98. The molecular weight excluding hydrogens is 438 g/mol. The van der Waals surface area contributed by atoms with Crippen LogP contribution < -0.4 is 14.9 Å². The van der Waals surface area contributed by atoms with E-state index in [2.05, 4.69) is 10.0 Å². The molecule has 0 aliphatic rings. The highest BCUT2D eigenvalue weighted by molar-refractivity contribution is 7.92. The largest absolute Gasteiger partial charge is 0.322 e. The Morgan fingerprint density at radius 1 is 0.935 bits per heavy atom. The van der Waals surface area contributed by atoms with E-state index in [1.807, 2.05) is 0 Å². The van der Waals surface area contributed by atoms with Crippen molar-refractivity contribution in [3.63, 3.8) is 0 Å². The number of nitrogens with one attached hydrogen (secondary N) is 2. The van der Waals surface area contributed by atoms with Gasteiger partial charge in [-0.05, 0) is 54.6 Å². The first kappa shape index (κ1) is 22.3. The van der Waals surface area contributed by atoms with E-state index in [1.165, 1.54) is 36.1 Å². The summed E-state index contributed by atoms with van der Waals surface area (Å²) in [4.78, 5) is 25.5. The normalized spacial score (nSPS) is 10.9. The fourth-order valence-corrected chi connectivity index (χ4v) is 4.07.